The van der Waals surface area contributed by atoms with Crippen molar-refractivity contribution in [3.05, 3.63) is 129 Å². The highest BCUT2D eigenvalue weighted by molar-refractivity contribution is 9.10. The first-order valence-corrected chi connectivity index (χ1v) is 13.3. The summed E-state index contributed by atoms with van der Waals surface area (Å²) < 4.78 is 11.3. The number of carbonyl (C=O) groups is 3. The number of hydrogen-bond donors (Lipinski definition) is 2. The second-order valence-electron chi connectivity index (χ2n) is 8.45. The predicted octanol–water partition coefficient (Wildman–Crippen LogP) is 6.75. The van der Waals surface area contributed by atoms with E-state index in [9.17, 15) is 14.4 Å². The van der Waals surface area contributed by atoms with Crippen LogP contribution in [0.4, 0.5) is 5.69 Å². The van der Waals surface area contributed by atoms with Gasteiger partial charge in [0.1, 0.15) is 11.5 Å². The number of nitrogens with zero attached hydrogens (tertiary/aromatic N) is 1. The number of carbonyl (C=O) groups excluding carboxylic acids is 3. The monoisotopic (exact) mass is 631 g/mol. The van der Waals surface area contributed by atoms with E-state index in [-0.39, 0.29) is 17.2 Å². The number of hydrogen-bond acceptors (Lipinski definition) is 6. The van der Waals surface area contributed by atoms with E-state index in [0.29, 0.717) is 27.6 Å². The van der Waals surface area contributed by atoms with Gasteiger partial charge in [0, 0.05) is 37.9 Å². The van der Waals surface area contributed by atoms with Gasteiger partial charge in [0.05, 0.1) is 13.3 Å². The third-order valence-corrected chi connectivity index (χ3v) is 6.31. The van der Waals surface area contributed by atoms with Crippen LogP contribution in [0.15, 0.2) is 107 Å². The van der Waals surface area contributed by atoms with Crippen molar-refractivity contribution in [3.8, 4) is 11.5 Å². The number of rotatable bonds is 9. The molecule has 2 amide bonds. The van der Waals surface area contributed by atoms with Crippen molar-refractivity contribution in [1.82, 2.24) is 5.43 Å². The Hall–Kier alpha value is -4.73. The molecule has 0 atom stereocenters. The van der Waals surface area contributed by atoms with Crippen molar-refractivity contribution < 1.29 is 23.9 Å². The molecule has 0 bridgehead atoms. The van der Waals surface area contributed by atoms with E-state index < -0.39 is 11.9 Å². The van der Waals surface area contributed by atoms with Crippen LogP contribution < -0.4 is 20.2 Å². The number of methoxy groups -OCH3 is 1. The average Bonchev–Trinajstić information content (AvgIpc) is 2.98. The number of amides is 2. The van der Waals surface area contributed by atoms with E-state index >= 15 is 0 Å². The van der Waals surface area contributed by atoms with E-state index in [2.05, 4.69) is 31.8 Å². The first kappa shape index (κ1) is 29.3. The number of anilines is 1. The van der Waals surface area contributed by atoms with E-state index in [1.54, 1.807) is 98.1 Å². The topological polar surface area (TPSA) is 106 Å². The molecule has 0 aromatic heterocycles. The molecular formula is C31H23BrClN3O5. The third kappa shape index (κ3) is 8.63. The lowest BCUT2D eigenvalue weighted by Gasteiger charge is -2.08. The van der Waals surface area contributed by atoms with Crippen LogP contribution in [0.1, 0.15) is 31.8 Å². The SMILES string of the molecule is COc1ccc(C(=O)Nc2cccc(C(=O)NN=Cc3cc(Br)ccc3OC(=O)/C=C/c3ccc(Cl)cc3)c2)cc1. The van der Waals surface area contributed by atoms with E-state index in [1.165, 1.54) is 18.4 Å². The molecule has 206 valence electrons. The molecule has 0 aliphatic heterocycles. The first-order chi connectivity index (χ1) is 19.8. The van der Waals surface area contributed by atoms with Crippen molar-refractivity contribution in [3.63, 3.8) is 0 Å². The summed E-state index contributed by atoms with van der Waals surface area (Å²) in [6.07, 6.45) is 4.27. The van der Waals surface area contributed by atoms with Gasteiger partial charge in [-0.25, -0.2) is 10.2 Å². The van der Waals surface area contributed by atoms with Crippen molar-refractivity contribution in [2.24, 2.45) is 5.10 Å². The summed E-state index contributed by atoms with van der Waals surface area (Å²) in [7, 11) is 1.55. The van der Waals surface area contributed by atoms with Crippen molar-refractivity contribution >= 4 is 63.3 Å². The lowest BCUT2D eigenvalue weighted by molar-refractivity contribution is -0.128. The Morgan fingerprint density at radius 1 is 0.878 bits per heavy atom. The quantitative estimate of drug-likeness (QED) is 0.0699. The second-order valence-corrected chi connectivity index (χ2v) is 9.80. The van der Waals surface area contributed by atoms with Gasteiger partial charge in [0.2, 0.25) is 0 Å². The van der Waals surface area contributed by atoms with E-state index in [1.807, 2.05) is 0 Å². The van der Waals surface area contributed by atoms with Gasteiger partial charge in [-0.3, -0.25) is 9.59 Å². The Kier molecular flexibility index (Phi) is 10.0. The van der Waals surface area contributed by atoms with Gasteiger partial charge in [-0.1, -0.05) is 45.7 Å². The summed E-state index contributed by atoms with van der Waals surface area (Å²) in [4.78, 5) is 37.7. The molecule has 0 saturated carbocycles. The van der Waals surface area contributed by atoms with E-state index in [4.69, 9.17) is 21.1 Å². The average molecular weight is 633 g/mol. The maximum absolute atomic E-state index is 12.7. The summed E-state index contributed by atoms with van der Waals surface area (Å²) >= 11 is 9.27. The molecule has 4 aromatic rings. The Labute approximate surface area is 249 Å². The normalized spacial score (nSPS) is 10.9. The molecule has 0 radical (unpaired) electrons. The van der Waals surface area contributed by atoms with Crippen molar-refractivity contribution in [2.75, 3.05) is 12.4 Å². The lowest BCUT2D eigenvalue weighted by Crippen LogP contribution is -2.18. The second kappa shape index (κ2) is 14.1. The third-order valence-electron chi connectivity index (χ3n) is 5.57. The lowest BCUT2D eigenvalue weighted by atomic mass is 10.1. The smallest absolute Gasteiger partial charge is 0.336 e. The van der Waals surface area contributed by atoms with Gasteiger partial charge in [-0.15, -0.1) is 0 Å². The molecule has 0 spiro atoms. The molecule has 41 heavy (non-hydrogen) atoms. The minimum atomic E-state index is -0.588. The molecule has 10 heteroatoms. The van der Waals surface area contributed by atoms with Gasteiger partial charge < -0.3 is 14.8 Å². The van der Waals surface area contributed by atoms with Crippen molar-refractivity contribution in [2.45, 2.75) is 0 Å². The van der Waals surface area contributed by atoms with Crippen LogP contribution in [0.25, 0.3) is 6.08 Å². The Bertz CT molecular complexity index is 1620. The molecule has 8 nitrogen and oxygen atoms in total. The van der Waals surface area contributed by atoms with Gasteiger partial charge in [-0.2, -0.15) is 5.10 Å². The summed E-state index contributed by atoms with van der Waals surface area (Å²) in [5, 5.41) is 7.38. The minimum absolute atomic E-state index is 0.250. The highest BCUT2D eigenvalue weighted by Crippen LogP contribution is 2.22. The maximum Gasteiger partial charge on any atom is 0.336 e. The Morgan fingerprint density at radius 2 is 1.63 bits per heavy atom. The van der Waals surface area contributed by atoms with Crippen LogP contribution in [0.2, 0.25) is 5.02 Å². The number of benzene rings is 4. The molecule has 0 saturated heterocycles. The number of hydrazone groups is 1. The summed E-state index contributed by atoms with van der Waals surface area (Å²) in [5.74, 6) is -0.529. The van der Waals surface area contributed by atoms with Crippen LogP contribution >= 0.6 is 27.5 Å². The maximum atomic E-state index is 12.7. The molecule has 0 fully saturated rings. The zero-order valence-electron chi connectivity index (χ0n) is 21.6. The Balaban J connectivity index is 1.38. The summed E-state index contributed by atoms with van der Waals surface area (Å²) in [6.45, 7) is 0. The molecule has 4 aromatic carbocycles. The zero-order chi connectivity index (χ0) is 29.2. The van der Waals surface area contributed by atoms with Crippen molar-refractivity contribution in [1.29, 1.82) is 0 Å². The highest BCUT2D eigenvalue weighted by Gasteiger charge is 2.11. The molecule has 0 heterocycles. The highest BCUT2D eigenvalue weighted by atomic mass is 79.9. The summed E-state index contributed by atoms with van der Waals surface area (Å²) in [5.41, 5.74) is 4.85. The number of halogens is 2. The van der Waals surface area contributed by atoms with Crippen LogP contribution in [0, 0.1) is 0 Å². The zero-order valence-corrected chi connectivity index (χ0v) is 24.0. The van der Waals surface area contributed by atoms with Gasteiger partial charge >= 0.3 is 5.97 Å². The standard InChI is InChI=1S/C31H23BrClN3O5/c1-40-27-13-8-21(9-14-27)30(38)35-26-4-2-3-22(18-26)31(39)36-34-19-23-17-24(32)10-15-28(23)41-29(37)16-7-20-5-11-25(33)12-6-20/h2-19H,1H3,(H,35,38)(H,36,39)/b16-7+,34-19?. The molecular weight excluding hydrogens is 610 g/mol. The Morgan fingerprint density at radius 3 is 2.37 bits per heavy atom. The fourth-order valence-corrected chi connectivity index (χ4v) is 4.01. The number of nitrogens with one attached hydrogen (secondary N) is 2. The molecule has 4 rings (SSSR count). The van der Waals surface area contributed by atoms with E-state index in [0.717, 1.165) is 10.0 Å². The molecule has 0 aliphatic rings. The fraction of sp³-hybridized carbons (Fsp3) is 0.0323. The van der Waals surface area contributed by atoms with Crippen LogP contribution in [-0.2, 0) is 4.79 Å². The molecule has 0 unspecified atom stereocenters. The fourth-order valence-electron chi connectivity index (χ4n) is 3.50. The molecule has 2 N–H and O–H groups in total. The largest absolute Gasteiger partial charge is 0.497 e. The molecule has 0 aliphatic carbocycles. The minimum Gasteiger partial charge on any atom is -0.497 e. The van der Waals surface area contributed by atoms with Gasteiger partial charge in [-0.05, 0) is 84.4 Å². The van der Waals surface area contributed by atoms with Crippen LogP contribution in [0.3, 0.4) is 0 Å². The van der Waals surface area contributed by atoms with Crippen LogP contribution in [0.5, 0.6) is 11.5 Å². The summed E-state index contributed by atoms with van der Waals surface area (Å²) in [6, 6.07) is 25.1. The number of ether oxygens (including phenoxy) is 2. The van der Waals surface area contributed by atoms with Gasteiger partial charge in [0.25, 0.3) is 11.8 Å². The van der Waals surface area contributed by atoms with Crippen LogP contribution in [-0.4, -0.2) is 31.1 Å². The predicted molar refractivity (Wildman–Crippen MR) is 163 cm³/mol. The number of esters is 1. The first-order valence-electron chi connectivity index (χ1n) is 12.1. The van der Waals surface area contributed by atoms with Gasteiger partial charge in [0.15, 0.2) is 0 Å².